The van der Waals surface area contributed by atoms with Crippen molar-refractivity contribution in [2.24, 2.45) is 5.73 Å². The summed E-state index contributed by atoms with van der Waals surface area (Å²) in [7, 11) is 1.24. The number of methoxy groups -OCH3 is 1. The first-order chi connectivity index (χ1) is 7.95. The van der Waals surface area contributed by atoms with Gasteiger partial charge in [0.15, 0.2) is 0 Å². The lowest BCUT2D eigenvalue weighted by Gasteiger charge is -2.11. The Kier molecular flexibility index (Phi) is 6.61. The molecule has 0 unspecified atom stereocenters. The maximum absolute atomic E-state index is 11.0. The molecule has 1 rings (SSSR count). The van der Waals surface area contributed by atoms with Crippen LogP contribution in [0.15, 0.2) is 18.2 Å². The monoisotopic (exact) mass is 294 g/mol. The van der Waals surface area contributed by atoms with Crippen molar-refractivity contribution in [2.75, 3.05) is 7.11 Å². The summed E-state index contributed by atoms with van der Waals surface area (Å²) < 4.78 is 4.46. The number of benzene rings is 1. The van der Waals surface area contributed by atoms with Crippen LogP contribution in [0.2, 0.25) is 5.02 Å². The highest BCUT2D eigenvalue weighted by Gasteiger charge is 2.18. The summed E-state index contributed by atoms with van der Waals surface area (Å²) in [5.41, 5.74) is 5.97. The maximum atomic E-state index is 11.0. The van der Waals surface area contributed by atoms with Gasteiger partial charge >= 0.3 is 5.97 Å². The largest absolute Gasteiger partial charge is 0.469 e. The molecule has 0 aliphatic rings. The third kappa shape index (κ3) is 4.14. The van der Waals surface area contributed by atoms with Gasteiger partial charge in [-0.1, -0.05) is 11.6 Å². The van der Waals surface area contributed by atoms with Crippen LogP contribution in [0.4, 0.5) is 5.69 Å². The fourth-order valence-corrected chi connectivity index (χ4v) is 1.56. The standard InChI is InChI=1S/C10H11ClN2O4.ClH/c1-17-10(14)5-9(12)7-4-6(13(15)16)2-3-8(7)11;/h2-4,9H,5,12H2,1H3;1H/t9-;/m0./s1. The predicted molar refractivity (Wildman–Crippen MR) is 68.9 cm³/mol. The lowest BCUT2D eigenvalue weighted by Crippen LogP contribution is -2.16. The number of non-ortho nitro benzene ring substituents is 1. The van der Waals surface area contributed by atoms with Crippen LogP contribution < -0.4 is 5.73 Å². The minimum absolute atomic E-state index is 0. The molecule has 0 radical (unpaired) electrons. The van der Waals surface area contributed by atoms with Gasteiger partial charge in [0.1, 0.15) is 0 Å². The molecule has 0 amide bonds. The number of ether oxygens (including phenoxy) is 1. The second kappa shape index (κ2) is 7.15. The number of carbonyl (C=O) groups is 1. The van der Waals surface area contributed by atoms with E-state index in [1.54, 1.807) is 0 Å². The van der Waals surface area contributed by atoms with Crippen molar-refractivity contribution in [2.45, 2.75) is 12.5 Å². The van der Waals surface area contributed by atoms with Crippen molar-refractivity contribution in [3.8, 4) is 0 Å². The molecule has 0 saturated carbocycles. The van der Waals surface area contributed by atoms with E-state index >= 15 is 0 Å². The molecule has 1 aromatic rings. The lowest BCUT2D eigenvalue weighted by atomic mass is 10.0. The Morgan fingerprint density at radius 3 is 2.72 bits per heavy atom. The van der Waals surface area contributed by atoms with E-state index in [4.69, 9.17) is 17.3 Å². The molecule has 0 bridgehead atoms. The van der Waals surface area contributed by atoms with E-state index in [9.17, 15) is 14.9 Å². The number of nitro groups is 1. The van der Waals surface area contributed by atoms with Gasteiger partial charge in [0.25, 0.3) is 5.69 Å². The number of esters is 1. The molecule has 0 aliphatic heterocycles. The molecule has 2 N–H and O–H groups in total. The molecule has 6 nitrogen and oxygen atoms in total. The topological polar surface area (TPSA) is 95.5 Å². The van der Waals surface area contributed by atoms with Crippen LogP contribution in [-0.2, 0) is 9.53 Å². The van der Waals surface area contributed by atoms with Gasteiger partial charge in [0, 0.05) is 23.2 Å². The van der Waals surface area contributed by atoms with Gasteiger partial charge in [-0.3, -0.25) is 14.9 Å². The van der Waals surface area contributed by atoms with E-state index < -0.39 is 16.9 Å². The van der Waals surface area contributed by atoms with Gasteiger partial charge in [-0.25, -0.2) is 0 Å². The second-order valence-electron chi connectivity index (χ2n) is 3.35. The van der Waals surface area contributed by atoms with E-state index in [-0.39, 0.29) is 29.5 Å². The molecule has 0 saturated heterocycles. The first-order valence-corrected chi connectivity index (χ1v) is 5.09. The molecule has 1 aromatic carbocycles. The SMILES string of the molecule is COC(=O)C[C@H](N)c1cc([N+](=O)[O-])ccc1Cl.Cl. The highest BCUT2D eigenvalue weighted by atomic mass is 35.5. The first-order valence-electron chi connectivity index (χ1n) is 4.72. The molecule has 0 spiro atoms. The molecule has 0 fully saturated rings. The minimum atomic E-state index is -0.727. The van der Waals surface area contributed by atoms with Crippen LogP contribution in [0, 0.1) is 10.1 Å². The molecular formula is C10H12Cl2N2O4. The van der Waals surface area contributed by atoms with E-state index in [1.807, 2.05) is 0 Å². The van der Waals surface area contributed by atoms with Crippen molar-refractivity contribution in [1.29, 1.82) is 0 Å². The number of hydrogen-bond donors (Lipinski definition) is 1. The van der Waals surface area contributed by atoms with Crippen molar-refractivity contribution >= 4 is 35.7 Å². The molecule has 0 aliphatic carbocycles. The average molecular weight is 295 g/mol. The van der Waals surface area contributed by atoms with Crippen molar-refractivity contribution in [3.63, 3.8) is 0 Å². The summed E-state index contributed by atoms with van der Waals surface area (Å²) in [4.78, 5) is 21.1. The predicted octanol–water partition coefficient (Wildman–Crippen LogP) is 2.23. The molecule has 18 heavy (non-hydrogen) atoms. The fraction of sp³-hybridized carbons (Fsp3) is 0.300. The number of nitrogens with zero attached hydrogens (tertiary/aromatic N) is 1. The Labute approximate surface area is 115 Å². The van der Waals surface area contributed by atoms with Crippen LogP contribution in [0.3, 0.4) is 0 Å². The Bertz CT molecular complexity index is 454. The van der Waals surface area contributed by atoms with E-state index in [0.717, 1.165) is 0 Å². The van der Waals surface area contributed by atoms with E-state index in [0.29, 0.717) is 5.56 Å². The van der Waals surface area contributed by atoms with Gasteiger partial charge in [0.05, 0.1) is 18.5 Å². The summed E-state index contributed by atoms with van der Waals surface area (Å²) in [5.74, 6) is -0.500. The minimum Gasteiger partial charge on any atom is -0.469 e. The summed E-state index contributed by atoms with van der Waals surface area (Å²) in [6.45, 7) is 0. The van der Waals surface area contributed by atoms with Crippen molar-refractivity contribution < 1.29 is 14.5 Å². The second-order valence-corrected chi connectivity index (χ2v) is 3.76. The normalized spacial score (nSPS) is 11.3. The highest BCUT2D eigenvalue weighted by molar-refractivity contribution is 6.31. The maximum Gasteiger partial charge on any atom is 0.307 e. The van der Waals surface area contributed by atoms with Crippen LogP contribution in [0.1, 0.15) is 18.0 Å². The number of halogens is 2. The van der Waals surface area contributed by atoms with E-state index in [2.05, 4.69) is 4.74 Å². The number of nitro benzene ring substituents is 1. The summed E-state index contributed by atoms with van der Waals surface area (Å²) in [5, 5.41) is 10.9. The zero-order valence-corrected chi connectivity index (χ0v) is 11.0. The van der Waals surface area contributed by atoms with Gasteiger partial charge in [-0.2, -0.15) is 0 Å². The van der Waals surface area contributed by atoms with Gasteiger partial charge in [-0.15, -0.1) is 12.4 Å². The van der Waals surface area contributed by atoms with Gasteiger partial charge in [-0.05, 0) is 11.6 Å². The molecule has 8 heteroatoms. The fourth-order valence-electron chi connectivity index (χ4n) is 1.30. The quantitative estimate of drug-likeness (QED) is 0.522. The molecule has 100 valence electrons. The molecule has 0 aromatic heterocycles. The van der Waals surface area contributed by atoms with Crippen LogP contribution in [0.5, 0.6) is 0 Å². The number of rotatable bonds is 4. The number of carbonyl (C=O) groups excluding carboxylic acids is 1. The Hall–Kier alpha value is -1.37. The van der Waals surface area contributed by atoms with Crippen LogP contribution >= 0.6 is 24.0 Å². The lowest BCUT2D eigenvalue weighted by molar-refractivity contribution is -0.384. The zero-order chi connectivity index (χ0) is 13.0. The average Bonchev–Trinajstić information content (AvgIpc) is 2.28. The van der Waals surface area contributed by atoms with Gasteiger partial charge in [0.2, 0.25) is 0 Å². The molecular weight excluding hydrogens is 283 g/mol. The summed E-state index contributed by atoms with van der Waals surface area (Å²) in [6.07, 6.45) is -0.0859. The van der Waals surface area contributed by atoms with Crippen molar-refractivity contribution in [1.82, 2.24) is 0 Å². The number of nitrogens with two attached hydrogens (primary N) is 1. The van der Waals surface area contributed by atoms with E-state index in [1.165, 1.54) is 25.3 Å². The number of hydrogen-bond acceptors (Lipinski definition) is 5. The Morgan fingerprint density at radius 2 is 2.22 bits per heavy atom. The first kappa shape index (κ1) is 16.6. The van der Waals surface area contributed by atoms with Crippen LogP contribution in [-0.4, -0.2) is 18.0 Å². The molecule has 0 heterocycles. The van der Waals surface area contributed by atoms with Gasteiger partial charge < -0.3 is 10.5 Å². The third-order valence-electron chi connectivity index (χ3n) is 2.20. The smallest absolute Gasteiger partial charge is 0.307 e. The zero-order valence-electron chi connectivity index (χ0n) is 9.46. The van der Waals surface area contributed by atoms with Crippen LogP contribution in [0.25, 0.3) is 0 Å². The highest BCUT2D eigenvalue weighted by Crippen LogP contribution is 2.27. The Balaban J connectivity index is 0.00000289. The summed E-state index contributed by atoms with van der Waals surface area (Å²) in [6, 6.07) is 3.19. The summed E-state index contributed by atoms with van der Waals surface area (Å²) >= 11 is 5.87. The molecule has 1 atom stereocenters. The third-order valence-corrected chi connectivity index (χ3v) is 2.55. The Morgan fingerprint density at radius 1 is 1.61 bits per heavy atom. The van der Waals surface area contributed by atoms with Crippen molar-refractivity contribution in [3.05, 3.63) is 38.9 Å².